The van der Waals surface area contributed by atoms with Gasteiger partial charge in [0.05, 0.1) is 12.0 Å². The lowest BCUT2D eigenvalue weighted by Crippen LogP contribution is -2.49. The number of hydrogen-bond donors (Lipinski definition) is 1. The highest BCUT2D eigenvalue weighted by Crippen LogP contribution is 2.39. The molecule has 2 aliphatic heterocycles. The second-order valence-electron chi connectivity index (χ2n) is 8.03. The minimum absolute atomic E-state index is 0.0994. The summed E-state index contributed by atoms with van der Waals surface area (Å²) in [5.41, 5.74) is 1.57. The summed E-state index contributed by atoms with van der Waals surface area (Å²) in [5, 5.41) is 2.85. The summed E-state index contributed by atoms with van der Waals surface area (Å²) in [6.45, 7) is 1.42. The number of halogens is 1. The van der Waals surface area contributed by atoms with Crippen LogP contribution in [0.3, 0.4) is 0 Å². The highest BCUT2D eigenvalue weighted by Gasteiger charge is 2.38. The molecular formula is C23H20FN3O4. The summed E-state index contributed by atoms with van der Waals surface area (Å²) in [7, 11) is 0. The summed E-state index contributed by atoms with van der Waals surface area (Å²) in [5.74, 6) is -0.749. The van der Waals surface area contributed by atoms with Crippen molar-refractivity contribution in [2.45, 2.75) is 18.9 Å². The second kappa shape index (κ2) is 7.54. The Labute approximate surface area is 177 Å². The van der Waals surface area contributed by atoms with Crippen molar-refractivity contribution in [2.24, 2.45) is 5.92 Å². The Balaban J connectivity index is 1.45. The van der Waals surface area contributed by atoms with E-state index in [4.69, 9.17) is 4.42 Å². The van der Waals surface area contributed by atoms with Crippen LogP contribution in [0.4, 0.5) is 10.1 Å². The highest BCUT2D eigenvalue weighted by atomic mass is 19.1. The Morgan fingerprint density at radius 3 is 2.58 bits per heavy atom. The predicted molar refractivity (Wildman–Crippen MR) is 111 cm³/mol. The second-order valence-corrected chi connectivity index (χ2v) is 8.03. The zero-order valence-electron chi connectivity index (χ0n) is 16.6. The Morgan fingerprint density at radius 2 is 1.84 bits per heavy atom. The molecule has 0 saturated carbocycles. The Bertz CT molecular complexity index is 1200. The van der Waals surface area contributed by atoms with Crippen molar-refractivity contribution in [1.82, 2.24) is 9.47 Å². The standard InChI is InChI=1S/C23H20FN3O4/c24-17-5-3-15(4-6-17)23(30)26-11-14-10-16(13-26)21-18(7-8-20(28)27(21)12-14)25-22(29)19-2-1-9-31-19/h1-9,14,16H,10-13H2,(H,25,29)/t14-,16+/m0/s1. The molecule has 7 nitrogen and oxygen atoms in total. The molecule has 2 aliphatic rings. The van der Waals surface area contributed by atoms with Gasteiger partial charge in [0.2, 0.25) is 0 Å². The third kappa shape index (κ3) is 3.54. The summed E-state index contributed by atoms with van der Waals surface area (Å²) >= 11 is 0. The first-order valence-corrected chi connectivity index (χ1v) is 10.1. The van der Waals surface area contributed by atoms with Crippen molar-refractivity contribution < 1.29 is 18.4 Å². The maximum Gasteiger partial charge on any atom is 0.291 e. The van der Waals surface area contributed by atoms with E-state index in [0.29, 0.717) is 30.9 Å². The number of benzene rings is 1. The van der Waals surface area contributed by atoms with E-state index in [0.717, 1.165) is 12.1 Å². The monoisotopic (exact) mass is 421 g/mol. The number of piperidine rings is 1. The van der Waals surface area contributed by atoms with E-state index in [1.54, 1.807) is 27.7 Å². The largest absolute Gasteiger partial charge is 0.459 e. The van der Waals surface area contributed by atoms with Crippen LogP contribution in [-0.4, -0.2) is 34.4 Å². The van der Waals surface area contributed by atoms with Gasteiger partial charge in [-0.05, 0) is 54.8 Å². The van der Waals surface area contributed by atoms with Crippen LogP contribution >= 0.6 is 0 Å². The molecule has 2 aromatic heterocycles. The van der Waals surface area contributed by atoms with E-state index in [1.165, 1.54) is 36.6 Å². The van der Waals surface area contributed by atoms with Crippen molar-refractivity contribution in [1.29, 1.82) is 0 Å². The van der Waals surface area contributed by atoms with Crippen molar-refractivity contribution >= 4 is 17.5 Å². The summed E-state index contributed by atoms with van der Waals surface area (Å²) < 4.78 is 20.1. The average Bonchev–Trinajstić information content (AvgIpc) is 3.31. The number of rotatable bonds is 3. The van der Waals surface area contributed by atoms with Crippen LogP contribution in [0.5, 0.6) is 0 Å². The number of nitrogens with one attached hydrogen (secondary N) is 1. The van der Waals surface area contributed by atoms with Crippen LogP contribution in [0.1, 0.15) is 38.9 Å². The van der Waals surface area contributed by atoms with Gasteiger partial charge in [-0.2, -0.15) is 0 Å². The van der Waals surface area contributed by atoms with E-state index >= 15 is 0 Å². The Kier molecular flexibility index (Phi) is 4.69. The van der Waals surface area contributed by atoms with Gasteiger partial charge < -0.3 is 19.2 Å². The van der Waals surface area contributed by atoms with Crippen LogP contribution in [-0.2, 0) is 6.54 Å². The fourth-order valence-corrected chi connectivity index (χ4v) is 4.65. The fraction of sp³-hybridized carbons (Fsp3) is 0.261. The van der Waals surface area contributed by atoms with E-state index < -0.39 is 11.7 Å². The molecule has 2 amide bonds. The van der Waals surface area contributed by atoms with Gasteiger partial charge in [0.1, 0.15) is 5.82 Å². The molecule has 31 heavy (non-hydrogen) atoms. The SMILES string of the molecule is O=C(Nc1ccc(=O)n2c1[C@@H]1C[C@@H](CN(C(=O)c3ccc(F)cc3)C1)C2)c1ccco1. The van der Waals surface area contributed by atoms with Gasteiger partial charge in [0, 0.05) is 42.9 Å². The maximum absolute atomic E-state index is 13.2. The molecule has 0 spiro atoms. The van der Waals surface area contributed by atoms with Gasteiger partial charge in [-0.3, -0.25) is 14.4 Å². The third-order valence-corrected chi connectivity index (χ3v) is 5.96. The normalized spacial score (nSPS) is 19.6. The number of carbonyl (C=O) groups is 2. The van der Waals surface area contributed by atoms with Crippen LogP contribution in [0, 0.1) is 11.7 Å². The number of amides is 2. The van der Waals surface area contributed by atoms with Crippen molar-refractivity contribution in [3.05, 3.63) is 88.0 Å². The van der Waals surface area contributed by atoms with E-state index in [9.17, 15) is 18.8 Å². The molecule has 2 bridgehead atoms. The summed E-state index contributed by atoms with van der Waals surface area (Å²) in [6.07, 6.45) is 2.24. The number of carbonyl (C=O) groups excluding carboxylic acids is 2. The summed E-state index contributed by atoms with van der Waals surface area (Å²) in [4.78, 5) is 39.8. The molecule has 1 aromatic carbocycles. The molecule has 3 aromatic rings. The zero-order valence-corrected chi connectivity index (χ0v) is 16.6. The number of pyridine rings is 1. The molecule has 8 heteroatoms. The quantitative estimate of drug-likeness (QED) is 0.704. The predicted octanol–water partition coefficient (Wildman–Crippen LogP) is 3.09. The van der Waals surface area contributed by atoms with Crippen LogP contribution in [0.15, 0.2) is 64.0 Å². The van der Waals surface area contributed by atoms with Gasteiger partial charge in [-0.15, -0.1) is 0 Å². The molecule has 2 atom stereocenters. The van der Waals surface area contributed by atoms with Crippen LogP contribution in [0.25, 0.3) is 0 Å². The lowest BCUT2D eigenvalue weighted by atomic mass is 9.82. The minimum atomic E-state index is -0.399. The molecule has 4 heterocycles. The van der Waals surface area contributed by atoms with Gasteiger partial charge >= 0.3 is 0 Å². The van der Waals surface area contributed by atoms with Gasteiger partial charge in [0.25, 0.3) is 17.4 Å². The lowest BCUT2D eigenvalue weighted by Gasteiger charge is -2.43. The fourth-order valence-electron chi connectivity index (χ4n) is 4.65. The molecule has 0 radical (unpaired) electrons. The van der Waals surface area contributed by atoms with Gasteiger partial charge in [-0.1, -0.05) is 0 Å². The molecule has 0 unspecified atom stereocenters. The minimum Gasteiger partial charge on any atom is -0.459 e. The number of hydrogen-bond acceptors (Lipinski definition) is 4. The first kappa shape index (κ1) is 19.3. The number of aromatic nitrogens is 1. The Morgan fingerprint density at radius 1 is 1.03 bits per heavy atom. The zero-order chi connectivity index (χ0) is 21.5. The number of likely N-dealkylation sites (tertiary alicyclic amines) is 1. The number of nitrogens with zero attached hydrogens (tertiary/aromatic N) is 2. The lowest BCUT2D eigenvalue weighted by molar-refractivity contribution is 0.0595. The van der Waals surface area contributed by atoms with Crippen LogP contribution in [0.2, 0.25) is 0 Å². The van der Waals surface area contributed by atoms with Crippen molar-refractivity contribution in [3.63, 3.8) is 0 Å². The van der Waals surface area contributed by atoms with Crippen LogP contribution < -0.4 is 10.9 Å². The Hall–Kier alpha value is -3.68. The van der Waals surface area contributed by atoms with E-state index in [2.05, 4.69) is 5.32 Å². The molecule has 1 saturated heterocycles. The smallest absolute Gasteiger partial charge is 0.291 e. The van der Waals surface area contributed by atoms with Gasteiger partial charge in [0.15, 0.2) is 5.76 Å². The maximum atomic E-state index is 13.2. The number of anilines is 1. The summed E-state index contributed by atoms with van der Waals surface area (Å²) in [6, 6.07) is 11.8. The molecule has 0 aliphatic carbocycles. The van der Waals surface area contributed by atoms with E-state index in [1.807, 2.05) is 0 Å². The topological polar surface area (TPSA) is 84.5 Å². The van der Waals surface area contributed by atoms with Gasteiger partial charge in [-0.25, -0.2) is 4.39 Å². The molecular weight excluding hydrogens is 401 g/mol. The first-order chi connectivity index (χ1) is 15.0. The van der Waals surface area contributed by atoms with Crippen molar-refractivity contribution in [3.8, 4) is 0 Å². The highest BCUT2D eigenvalue weighted by molar-refractivity contribution is 6.02. The average molecular weight is 421 g/mol. The molecule has 158 valence electrons. The number of fused-ring (bicyclic) bond motifs is 4. The molecule has 5 rings (SSSR count). The third-order valence-electron chi connectivity index (χ3n) is 5.96. The molecule has 1 N–H and O–H groups in total. The first-order valence-electron chi connectivity index (χ1n) is 10.1. The van der Waals surface area contributed by atoms with Crippen molar-refractivity contribution in [2.75, 3.05) is 18.4 Å². The molecule has 1 fully saturated rings. The van der Waals surface area contributed by atoms with E-state index in [-0.39, 0.29) is 29.1 Å². The number of furan rings is 1.